The van der Waals surface area contributed by atoms with Gasteiger partial charge in [-0.25, -0.2) is 0 Å². The Labute approximate surface area is 310 Å². The predicted molar refractivity (Wildman–Crippen MR) is 208 cm³/mol. The van der Waals surface area contributed by atoms with Gasteiger partial charge < -0.3 is 19.7 Å². The molecule has 0 aromatic heterocycles. The number of nitrogens with zero attached hydrogens (tertiary/aromatic N) is 2. The average molecular weight is 723 g/mol. The molecule has 0 bridgehead atoms. The summed E-state index contributed by atoms with van der Waals surface area (Å²) < 4.78 is 12.9. The molecule has 0 radical (unpaired) electrons. The van der Waals surface area contributed by atoms with Crippen molar-refractivity contribution in [3.8, 4) is 11.5 Å². The van der Waals surface area contributed by atoms with E-state index in [1.54, 1.807) is 12.1 Å². The highest BCUT2D eigenvalue weighted by Crippen LogP contribution is 2.39. The number of halogens is 2. The van der Waals surface area contributed by atoms with Crippen LogP contribution < -0.4 is 14.8 Å². The van der Waals surface area contributed by atoms with Crippen molar-refractivity contribution in [2.45, 2.75) is 84.0 Å². The van der Waals surface area contributed by atoms with E-state index in [2.05, 4.69) is 65.7 Å². The van der Waals surface area contributed by atoms with Gasteiger partial charge in [0.25, 0.3) is 5.69 Å². The van der Waals surface area contributed by atoms with Crippen LogP contribution in [-0.4, -0.2) is 42.0 Å². The van der Waals surface area contributed by atoms with E-state index in [1.165, 1.54) is 43.2 Å². The quantitative estimate of drug-likeness (QED) is 0.0557. The van der Waals surface area contributed by atoms with Gasteiger partial charge in [0, 0.05) is 23.7 Å². The molecular formula is C41H53Cl2N3O4. The van der Waals surface area contributed by atoms with Gasteiger partial charge in [-0.3, -0.25) is 10.1 Å². The molecule has 4 aromatic rings. The Kier molecular flexibility index (Phi) is 18.2. The van der Waals surface area contributed by atoms with Gasteiger partial charge in [0.2, 0.25) is 0 Å². The van der Waals surface area contributed by atoms with Crippen molar-refractivity contribution in [3.05, 3.63) is 135 Å². The van der Waals surface area contributed by atoms with Gasteiger partial charge in [-0.1, -0.05) is 98.6 Å². The SMILES string of the molecule is CCCN(CCCCCCNCCc1ccc([N+](=O)[O-])cc1)C1CCc2c(ccc(OCc3ccccc3)c2OCc2ccccc2)C1.Cl.Cl. The zero-order valence-corrected chi connectivity index (χ0v) is 30.9. The standard InChI is InChI=1S/C41H51N3O4.2ClH/c1-2-28-43(29-12-4-3-11-26-42-27-25-33-17-20-37(21-18-33)44(45)46)38-22-23-39-36(30-38)19-24-40(47-31-34-13-7-5-8-14-34)41(39)48-32-35-15-9-6-10-16-35;;/h5-10,13-21,24,38,42H,2-4,11-12,22-23,25-32H2,1H3;2*1H. The molecule has 0 fully saturated rings. The summed E-state index contributed by atoms with van der Waals surface area (Å²) in [5, 5.41) is 14.4. The summed E-state index contributed by atoms with van der Waals surface area (Å²) in [6.45, 7) is 7.53. The molecule has 4 aromatic carbocycles. The summed E-state index contributed by atoms with van der Waals surface area (Å²) >= 11 is 0. The van der Waals surface area contributed by atoms with Crippen LogP contribution in [0.3, 0.4) is 0 Å². The monoisotopic (exact) mass is 721 g/mol. The second-order valence-corrected chi connectivity index (χ2v) is 12.8. The van der Waals surface area contributed by atoms with E-state index >= 15 is 0 Å². The highest BCUT2D eigenvalue weighted by Gasteiger charge is 2.27. The van der Waals surface area contributed by atoms with Crippen molar-refractivity contribution in [2.24, 2.45) is 0 Å². The maximum atomic E-state index is 10.8. The minimum Gasteiger partial charge on any atom is -0.485 e. The van der Waals surface area contributed by atoms with E-state index < -0.39 is 0 Å². The second kappa shape index (κ2) is 22.3. The first kappa shape index (κ1) is 40.8. The van der Waals surface area contributed by atoms with Crippen LogP contribution in [0.5, 0.6) is 11.5 Å². The number of fused-ring (bicyclic) bond motifs is 1. The Morgan fingerprint density at radius 3 is 2.08 bits per heavy atom. The zero-order chi connectivity index (χ0) is 33.4. The highest BCUT2D eigenvalue weighted by molar-refractivity contribution is 5.85. The first-order valence-corrected chi connectivity index (χ1v) is 17.8. The Hall–Kier alpha value is -3.62. The fourth-order valence-electron chi connectivity index (χ4n) is 6.65. The van der Waals surface area contributed by atoms with E-state index in [0.717, 1.165) is 80.1 Å². The fraction of sp³-hybridized carbons (Fsp3) is 0.415. The number of hydrogen-bond acceptors (Lipinski definition) is 6. The normalized spacial score (nSPS) is 13.5. The fourth-order valence-corrected chi connectivity index (χ4v) is 6.65. The van der Waals surface area contributed by atoms with E-state index in [-0.39, 0.29) is 35.4 Å². The number of unbranched alkanes of at least 4 members (excludes halogenated alkanes) is 3. The number of ether oxygens (including phenoxy) is 2. The number of non-ortho nitro benzene ring substituents is 1. The lowest BCUT2D eigenvalue weighted by atomic mass is 9.86. The van der Waals surface area contributed by atoms with Gasteiger partial charge >= 0.3 is 0 Å². The summed E-state index contributed by atoms with van der Waals surface area (Å²) in [4.78, 5) is 13.2. The van der Waals surface area contributed by atoms with Crippen molar-refractivity contribution in [1.29, 1.82) is 0 Å². The Bertz CT molecular complexity index is 1540. The molecule has 0 saturated heterocycles. The zero-order valence-electron chi connectivity index (χ0n) is 29.3. The first-order valence-electron chi connectivity index (χ1n) is 17.8. The molecule has 0 spiro atoms. The number of hydrogen-bond donors (Lipinski definition) is 1. The minimum atomic E-state index is -0.351. The molecule has 50 heavy (non-hydrogen) atoms. The van der Waals surface area contributed by atoms with Gasteiger partial charge in [0.05, 0.1) is 4.92 Å². The highest BCUT2D eigenvalue weighted by atomic mass is 35.5. The summed E-state index contributed by atoms with van der Waals surface area (Å²) in [7, 11) is 0. The van der Waals surface area contributed by atoms with Crippen LogP contribution in [0.4, 0.5) is 5.69 Å². The molecule has 0 saturated carbocycles. The third kappa shape index (κ3) is 12.6. The Balaban J connectivity index is 0.00000338. The molecule has 0 heterocycles. The van der Waals surface area contributed by atoms with Crippen LogP contribution in [0, 0.1) is 10.1 Å². The van der Waals surface area contributed by atoms with E-state index in [9.17, 15) is 10.1 Å². The van der Waals surface area contributed by atoms with Crippen LogP contribution in [0.1, 0.15) is 73.3 Å². The number of rotatable bonds is 20. The largest absolute Gasteiger partial charge is 0.485 e. The summed E-state index contributed by atoms with van der Waals surface area (Å²) in [5.41, 5.74) is 6.28. The van der Waals surface area contributed by atoms with Gasteiger partial charge in [0.15, 0.2) is 11.5 Å². The number of nitrogens with one attached hydrogen (secondary N) is 1. The predicted octanol–water partition coefficient (Wildman–Crippen LogP) is 9.56. The maximum absolute atomic E-state index is 10.8. The smallest absolute Gasteiger partial charge is 0.269 e. The number of benzene rings is 4. The van der Waals surface area contributed by atoms with E-state index in [4.69, 9.17) is 9.47 Å². The molecule has 1 N–H and O–H groups in total. The number of nitro benzene ring substituents is 1. The van der Waals surface area contributed by atoms with Crippen molar-refractivity contribution < 1.29 is 14.4 Å². The number of nitro groups is 1. The molecule has 0 amide bonds. The first-order chi connectivity index (χ1) is 23.6. The minimum absolute atomic E-state index is 0. The van der Waals surface area contributed by atoms with E-state index in [0.29, 0.717) is 19.3 Å². The molecule has 7 nitrogen and oxygen atoms in total. The topological polar surface area (TPSA) is 76.9 Å². The van der Waals surface area contributed by atoms with Crippen LogP contribution in [0.15, 0.2) is 97.1 Å². The lowest BCUT2D eigenvalue weighted by molar-refractivity contribution is -0.384. The lowest BCUT2D eigenvalue weighted by Crippen LogP contribution is -2.40. The van der Waals surface area contributed by atoms with Gasteiger partial charge in [-0.15, -0.1) is 24.8 Å². The van der Waals surface area contributed by atoms with E-state index in [1.807, 2.05) is 36.4 Å². The van der Waals surface area contributed by atoms with Crippen molar-refractivity contribution >= 4 is 30.5 Å². The summed E-state index contributed by atoms with van der Waals surface area (Å²) in [6.07, 6.45) is 10.1. The maximum Gasteiger partial charge on any atom is 0.269 e. The van der Waals surface area contributed by atoms with Crippen LogP contribution >= 0.6 is 24.8 Å². The lowest BCUT2D eigenvalue weighted by Gasteiger charge is -2.36. The molecule has 1 atom stereocenters. The Morgan fingerprint density at radius 1 is 0.760 bits per heavy atom. The molecule has 0 aliphatic heterocycles. The Morgan fingerprint density at radius 2 is 1.42 bits per heavy atom. The molecular weight excluding hydrogens is 669 g/mol. The van der Waals surface area contributed by atoms with Crippen LogP contribution in [0.25, 0.3) is 0 Å². The van der Waals surface area contributed by atoms with Crippen molar-refractivity contribution in [3.63, 3.8) is 0 Å². The molecule has 1 aliphatic rings. The molecule has 270 valence electrons. The second-order valence-electron chi connectivity index (χ2n) is 12.8. The van der Waals surface area contributed by atoms with Crippen LogP contribution in [-0.2, 0) is 32.5 Å². The average Bonchev–Trinajstić information content (AvgIpc) is 3.12. The van der Waals surface area contributed by atoms with Gasteiger partial charge in [0.1, 0.15) is 13.2 Å². The third-order valence-corrected chi connectivity index (χ3v) is 9.28. The summed E-state index contributed by atoms with van der Waals surface area (Å²) in [6, 6.07) is 32.5. The summed E-state index contributed by atoms with van der Waals surface area (Å²) in [5.74, 6) is 1.74. The van der Waals surface area contributed by atoms with Gasteiger partial charge in [-0.2, -0.15) is 0 Å². The van der Waals surface area contributed by atoms with Gasteiger partial charge in [-0.05, 0) is 99.4 Å². The van der Waals surface area contributed by atoms with Crippen molar-refractivity contribution in [2.75, 3.05) is 26.2 Å². The van der Waals surface area contributed by atoms with Crippen molar-refractivity contribution in [1.82, 2.24) is 10.2 Å². The van der Waals surface area contributed by atoms with Crippen LogP contribution in [0.2, 0.25) is 0 Å². The molecule has 1 unspecified atom stereocenters. The molecule has 9 heteroatoms. The molecule has 1 aliphatic carbocycles. The molecule has 5 rings (SSSR count). The third-order valence-electron chi connectivity index (χ3n) is 9.28.